The number of benzene rings is 2. The number of aryl methyl sites for hydroxylation is 1. The average Bonchev–Trinajstić information content (AvgIpc) is 3.23. The minimum absolute atomic E-state index is 0.0500. The lowest BCUT2D eigenvalue weighted by Crippen LogP contribution is -2.40. The van der Waals surface area contributed by atoms with Gasteiger partial charge in [-0.15, -0.1) is 0 Å². The van der Waals surface area contributed by atoms with Crippen LogP contribution in [0.2, 0.25) is 0 Å². The number of carbonyl (C=O) groups excluding carboxylic acids is 2. The van der Waals surface area contributed by atoms with Crippen LogP contribution in [0.5, 0.6) is 0 Å². The van der Waals surface area contributed by atoms with E-state index in [1.807, 2.05) is 37.3 Å². The second kappa shape index (κ2) is 6.32. The minimum atomic E-state index is -1.33. The van der Waals surface area contributed by atoms with E-state index in [-0.39, 0.29) is 6.54 Å². The SMILES string of the molecule is Cc1ccc2c(CN3C(=O)N[C@@](C)(c4cc5ccccc5o4)C3=O)cc(=O)oc2c1. The van der Waals surface area contributed by atoms with Crippen LogP contribution in [-0.4, -0.2) is 16.8 Å². The first-order valence-electron chi connectivity index (χ1n) is 9.52. The van der Waals surface area contributed by atoms with Gasteiger partial charge in [-0.25, -0.2) is 9.59 Å². The third kappa shape index (κ3) is 2.70. The summed E-state index contributed by atoms with van der Waals surface area (Å²) in [5.74, 6) is -0.0855. The van der Waals surface area contributed by atoms with Crippen LogP contribution in [0.1, 0.15) is 23.8 Å². The van der Waals surface area contributed by atoms with E-state index < -0.39 is 23.1 Å². The van der Waals surface area contributed by atoms with Crippen molar-refractivity contribution >= 4 is 33.9 Å². The Morgan fingerprint density at radius 2 is 1.77 bits per heavy atom. The molecule has 0 radical (unpaired) electrons. The zero-order chi connectivity index (χ0) is 21.0. The van der Waals surface area contributed by atoms with E-state index in [1.54, 1.807) is 25.1 Å². The Bertz CT molecular complexity index is 1370. The van der Waals surface area contributed by atoms with Crippen molar-refractivity contribution in [1.29, 1.82) is 0 Å². The average molecular weight is 402 g/mol. The van der Waals surface area contributed by atoms with Crippen molar-refractivity contribution in [3.05, 3.63) is 81.9 Å². The minimum Gasteiger partial charge on any atom is -0.458 e. The van der Waals surface area contributed by atoms with E-state index in [9.17, 15) is 14.4 Å². The molecule has 1 N–H and O–H groups in total. The van der Waals surface area contributed by atoms with Crippen LogP contribution in [0.3, 0.4) is 0 Å². The number of urea groups is 1. The second-order valence-electron chi connectivity index (χ2n) is 7.69. The van der Waals surface area contributed by atoms with Crippen molar-refractivity contribution in [1.82, 2.24) is 10.2 Å². The summed E-state index contributed by atoms with van der Waals surface area (Å²) >= 11 is 0. The Morgan fingerprint density at radius 3 is 2.57 bits per heavy atom. The number of carbonyl (C=O) groups is 2. The highest BCUT2D eigenvalue weighted by Gasteiger charge is 2.51. The van der Waals surface area contributed by atoms with Gasteiger partial charge >= 0.3 is 11.7 Å². The highest BCUT2D eigenvalue weighted by Crippen LogP contribution is 2.34. The molecule has 30 heavy (non-hydrogen) atoms. The third-order valence-electron chi connectivity index (χ3n) is 5.51. The molecule has 0 unspecified atom stereocenters. The molecule has 1 aliphatic rings. The number of amides is 3. The summed E-state index contributed by atoms with van der Waals surface area (Å²) in [6.45, 7) is 3.46. The molecule has 1 atom stereocenters. The molecule has 0 saturated carbocycles. The highest BCUT2D eigenvalue weighted by molar-refractivity contribution is 6.07. The fourth-order valence-corrected chi connectivity index (χ4v) is 3.87. The summed E-state index contributed by atoms with van der Waals surface area (Å²) in [6, 6.07) is 15.4. The Morgan fingerprint density at radius 1 is 0.967 bits per heavy atom. The van der Waals surface area contributed by atoms with E-state index in [2.05, 4.69) is 5.32 Å². The van der Waals surface area contributed by atoms with Gasteiger partial charge in [0.25, 0.3) is 5.91 Å². The van der Waals surface area contributed by atoms with Gasteiger partial charge in [-0.2, -0.15) is 0 Å². The van der Waals surface area contributed by atoms with E-state index >= 15 is 0 Å². The molecular formula is C23H18N2O5. The van der Waals surface area contributed by atoms with Crippen LogP contribution in [0.15, 0.2) is 68.2 Å². The number of imide groups is 1. The predicted octanol–water partition coefficient (Wildman–Crippen LogP) is 3.81. The first-order valence-corrected chi connectivity index (χ1v) is 9.52. The number of para-hydroxylation sites is 1. The number of furan rings is 1. The maximum Gasteiger partial charge on any atom is 0.336 e. The number of nitrogens with zero attached hydrogens (tertiary/aromatic N) is 1. The van der Waals surface area contributed by atoms with Crippen LogP contribution < -0.4 is 10.9 Å². The fourth-order valence-electron chi connectivity index (χ4n) is 3.87. The van der Waals surface area contributed by atoms with Gasteiger partial charge in [0.15, 0.2) is 5.54 Å². The lowest BCUT2D eigenvalue weighted by atomic mass is 9.98. The molecule has 150 valence electrons. The van der Waals surface area contributed by atoms with Crippen LogP contribution >= 0.6 is 0 Å². The highest BCUT2D eigenvalue weighted by atomic mass is 16.4. The monoisotopic (exact) mass is 402 g/mol. The molecule has 1 saturated heterocycles. The predicted molar refractivity (Wildman–Crippen MR) is 110 cm³/mol. The molecule has 0 spiro atoms. The number of rotatable bonds is 3. The van der Waals surface area contributed by atoms with Crippen LogP contribution in [0.25, 0.3) is 21.9 Å². The van der Waals surface area contributed by atoms with Gasteiger partial charge < -0.3 is 14.2 Å². The first kappa shape index (κ1) is 18.2. The molecule has 1 fully saturated rings. The van der Waals surface area contributed by atoms with Crippen molar-refractivity contribution in [3.63, 3.8) is 0 Å². The topological polar surface area (TPSA) is 92.8 Å². The Balaban J connectivity index is 1.54. The van der Waals surface area contributed by atoms with Gasteiger partial charge in [0.2, 0.25) is 0 Å². The van der Waals surface area contributed by atoms with Crippen LogP contribution in [0.4, 0.5) is 4.79 Å². The summed E-state index contributed by atoms with van der Waals surface area (Å²) in [7, 11) is 0. The van der Waals surface area contributed by atoms with Crippen LogP contribution in [-0.2, 0) is 16.9 Å². The number of hydrogen-bond acceptors (Lipinski definition) is 5. The van der Waals surface area contributed by atoms with Crippen LogP contribution in [0, 0.1) is 6.92 Å². The van der Waals surface area contributed by atoms with Crippen molar-refractivity contribution in [2.75, 3.05) is 0 Å². The van der Waals surface area contributed by atoms with Gasteiger partial charge in [0, 0.05) is 16.8 Å². The molecule has 2 aromatic heterocycles. The molecule has 4 aromatic rings. The maximum atomic E-state index is 13.3. The molecule has 7 nitrogen and oxygen atoms in total. The Labute approximate surface area is 170 Å². The lowest BCUT2D eigenvalue weighted by Gasteiger charge is -2.19. The van der Waals surface area contributed by atoms with Crippen molar-refractivity contribution in [2.45, 2.75) is 25.9 Å². The summed E-state index contributed by atoms with van der Waals surface area (Å²) in [5, 5.41) is 4.26. The molecule has 7 heteroatoms. The molecular weight excluding hydrogens is 384 g/mol. The second-order valence-corrected chi connectivity index (χ2v) is 7.69. The summed E-state index contributed by atoms with van der Waals surface area (Å²) in [4.78, 5) is 39.1. The van der Waals surface area contributed by atoms with E-state index in [0.717, 1.165) is 15.8 Å². The van der Waals surface area contributed by atoms with E-state index in [4.69, 9.17) is 8.83 Å². The largest absolute Gasteiger partial charge is 0.458 e. The number of nitrogens with one attached hydrogen (secondary N) is 1. The molecule has 2 aromatic carbocycles. The third-order valence-corrected chi connectivity index (χ3v) is 5.51. The summed E-state index contributed by atoms with van der Waals surface area (Å²) in [6.07, 6.45) is 0. The number of fused-ring (bicyclic) bond motifs is 2. The van der Waals surface area contributed by atoms with Crippen molar-refractivity contribution < 1.29 is 18.4 Å². The van der Waals surface area contributed by atoms with Gasteiger partial charge in [-0.1, -0.05) is 30.3 Å². The Kier molecular flexibility index (Phi) is 3.83. The molecule has 3 amide bonds. The van der Waals surface area contributed by atoms with Gasteiger partial charge in [-0.3, -0.25) is 9.69 Å². The van der Waals surface area contributed by atoms with Gasteiger partial charge in [-0.05, 0) is 43.2 Å². The molecule has 1 aliphatic heterocycles. The summed E-state index contributed by atoms with van der Waals surface area (Å²) < 4.78 is 11.1. The fraction of sp³-hybridized carbons (Fsp3) is 0.174. The smallest absolute Gasteiger partial charge is 0.336 e. The quantitative estimate of drug-likeness (QED) is 0.415. The molecule has 5 rings (SSSR count). The van der Waals surface area contributed by atoms with E-state index in [0.29, 0.717) is 27.9 Å². The standard InChI is InChI=1S/C23H18N2O5/c1-13-7-8-16-15(11-20(26)30-18(16)9-13)12-25-21(27)23(2,24-22(25)28)19-10-14-5-3-4-6-17(14)29-19/h3-11H,12H2,1-2H3,(H,24,28)/t23-/m0/s1. The van der Waals surface area contributed by atoms with Gasteiger partial charge in [0.1, 0.15) is 16.9 Å². The Hall–Kier alpha value is -3.87. The molecule has 0 aliphatic carbocycles. The zero-order valence-corrected chi connectivity index (χ0v) is 16.4. The van der Waals surface area contributed by atoms with Crippen molar-refractivity contribution in [2.24, 2.45) is 0 Å². The molecule has 0 bridgehead atoms. The first-order chi connectivity index (χ1) is 14.3. The zero-order valence-electron chi connectivity index (χ0n) is 16.4. The lowest BCUT2D eigenvalue weighted by molar-refractivity contribution is -0.132. The van der Waals surface area contributed by atoms with Crippen molar-refractivity contribution in [3.8, 4) is 0 Å². The number of hydrogen-bond donors (Lipinski definition) is 1. The van der Waals surface area contributed by atoms with E-state index in [1.165, 1.54) is 6.07 Å². The normalized spacial score (nSPS) is 19.1. The molecule has 3 heterocycles. The summed E-state index contributed by atoms with van der Waals surface area (Å²) in [5.41, 5.74) is 0.673. The van der Waals surface area contributed by atoms with Gasteiger partial charge in [0.05, 0.1) is 6.54 Å². The maximum absolute atomic E-state index is 13.3.